The van der Waals surface area contributed by atoms with Crippen LogP contribution >= 0.6 is 0 Å². The summed E-state index contributed by atoms with van der Waals surface area (Å²) < 4.78 is 25.1. The van der Waals surface area contributed by atoms with Gasteiger partial charge in [-0.3, -0.25) is 0 Å². The summed E-state index contributed by atoms with van der Waals surface area (Å²) in [5.74, 6) is -0.239. The first-order chi connectivity index (χ1) is 14.9. The van der Waals surface area contributed by atoms with Gasteiger partial charge in [0.1, 0.15) is 11.6 Å². The molecule has 0 amide bonds. The number of halogens is 2. The summed E-state index contributed by atoms with van der Waals surface area (Å²) in [6.07, 6.45) is 5.03. The predicted octanol–water partition coefficient (Wildman–Crippen LogP) is 8.46. The van der Waals surface area contributed by atoms with Crippen LogP contribution in [0.4, 0.5) is 8.78 Å². The Labute approximate surface area is 188 Å². The van der Waals surface area contributed by atoms with Gasteiger partial charge in [-0.15, -0.1) is 0 Å². The number of aryl methyl sites for hydroxylation is 6. The van der Waals surface area contributed by atoms with Crippen LogP contribution in [0.1, 0.15) is 68.0 Å². The van der Waals surface area contributed by atoms with E-state index in [2.05, 4.69) is 45.9 Å². The lowest BCUT2D eigenvalue weighted by atomic mass is 10.0. The van der Waals surface area contributed by atoms with Crippen LogP contribution in [0.15, 0.2) is 60.7 Å². The molecule has 0 heterocycles. The van der Waals surface area contributed by atoms with Crippen molar-refractivity contribution in [1.29, 1.82) is 0 Å². The molecule has 0 fully saturated rings. The number of hydrogen-bond acceptors (Lipinski definition) is 0. The van der Waals surface area contributed by atoms with Crippen LogP contribution < -0.4 is 0 Å². The lowest BCUT2D eigenvalue weighted by molar-refractivity contribution is 0.611. The van der Waals surface area contributed by atoms with E-state index in [0.717, 1.165) is 37.7 Å². The molecule has 168 valence electrons. The van der Waals surface area contributed by atoms with E-state index in [4.69, 9.17) is 0 Å². The second kappa shape index (κ2) is 14.5. The normalized spacial score (nSPS) is 9.94. The summed E-state index contributed by atoms with van der Waals surface area (Å²) >= 11 is 0. The summed E-state index contributed by atoms with van der Waals surface area (Å²) in [6.45, 7) is 12.7. The zero-order valence-corrected chi connectivity index (χ0v) is 20.1. The number of benzene rings is 3. The highest BCUT2D eigenvalue weighted by molar-refractivity contribution is 5.31. The van der Waals surface area contributed by atoms with Crippen molar-refractivity contribution in [3.63, 3.8) is 0 Å². The molecular formula is C29H38F2. The van der Waals surface area contributed by atoms with Gasteiger partial charge in [-0.2, -0.15) is 0 Å². The third kappa shape index (κ3) is 9.46. The molecule has 0 aliphatic rings. The third-order valence-electron chi connectivity index (χ3n) is 5.42. The van der Waals surface area contributed by atoms with Gasteiger partial charge in [0, 0.05) is 0 Å². The van der Waals surface area contributed by atoms with E-state index in [0.29, 0.717) is 0 Å². The molecular weight excluding hydrogens is 386 g/mol. The van der Waals surface area contributed by atoms with E-state index >= 15 is 0 Å². The van der Waals surface area contributed by atoms with Gasteiger partial charge in [-0.25, -0.2) is 8.78 Å². The maximum absolute atomic E-state index is 12.9. The SMILES string of the molecule is CCc1ccc(C)c(CC)c1.CCc1ccc(F)c(CC)c1.CCc1ccc(F)cc1. The number of hydrogen-bond donors (Lipinski definition) is 0. The maximum atomic E-state index is 12.9. The largest absolute Gasteiger partial charge is 0.207 e. The van der Waals surface area contributed by atoms with Crippen molar-refractivity contribution >= 4 is 0 Å². The molecule has 0 nitrogen and oxygen atoms in total. The Hall–Kier alpha value is -2.48. The molecule has 0 atom stereocenters. The zero-order chi connectivity index (χ0) is 23.2. The van der Waals surface area contributed by atoms with Crippen LogP contribution in [0.3, 0.4) is 0 Å². The van der Waals surface area contributed by atoms with Crippen LogP contribution in [0.5, 0.6) is 0 Å². The van der Waals surface area contributed by atoms with Crippen LogP contribution in [-0.4, -0.2) is 0 Å². The molecule has 0 spiro atoms. The minimum atomic E-state index is -0.160. The molecule has 0 aliphatic carbocycles. The Bertz CT molecular complexity index is 842. The molecule has 0 saturated heterocycles. The Morgan fingerprint density at radius 3 is 1.45 bits per heavy atom. The first-order valence-electron chi connectivity index (χ1n) is 11.5. The fraction of sp³-hybridized carbons (Fsp3) is 0.379. The van der Waals surface area contributed by atoms with Gasteiger partial charge in [0.2, 0.25) is 0 Å². The lowest BCUT2D eigenvalue weighted by Crippen LogP contribution is -1.89. The Balaban J connectivity index is 0.000000234. The zero-order valence-electron chi connectivity index (χ0n) is 20.1. The molecule has 3 rings (SSSR count). The van der Waals surface area contributed by atoms with Crippen molar-refractivity contribution in [1.82, 2.24) is 0 Å². The van der Waals surface area contributed by atoms with Crippen molar-refractivity contribution in [2.24, 2.45) is 0 Å². The first-order valence-corrected chi connectivity index (χ1v) is 11.5. The van der Waals surface area contributed by atoms with E-state index in [1.54, 1.807) is 18.2 Å². The van der Waals surface area contributed by atoms with Crippen molar-refractivity contribution in [2.75, 3.05) is 0 Å². The van der Waals surface area contributed by atoms with Crippen LogP contribution in [0.25, 0.3) is 0 Å². The van der Waals surface area contributed by atoms with E-state index in [9.17, 15) is 8.78 Å². The smallest absolute Gasteiger partial charge is 0.126 e. The molecule has 0 radical (unpaired) electrons. The Morgan fingerprint density at radius 1 is 0.516 bits per heavy atom. The molecule has 31 heavy (non-hydrogen) atoms. The third-order valence-corrected chi connectivity index (χ3v) is 5.42. The second-order valence-corrected chi connectivity index (χ2v) is 7.58. The van der Waals surface area contributed by atoms with Crippen LogP contribution in [-0.2, 0) is 32.1 Å². The highest BCUT2D eigenvalue weighted by Gasteiger charge is 1.99. The molecule has 0 unspecified atom stereocenters. The fourth-order valence-electron chi connectivity index (χ4n) is 3.16. The van der Waals surface area contributed by atoms with Gasteiger partial charge in [-0.1, -0.05) is 77.1 Å². The fourth-order valence-corrected chi connectivity index (χ4v) is 3.16. The van der Waals surface area contributed by atoms with Crippen LogP contribution in [0.2, 0.25) is 0 Å². The van der Waals surface area contributed by atoms with E-state index < -0.39 is 0 Å². The average molecular weight is 425 g/mol. The van der Waals surface area contributed by atoms with E-state index in [1.807, 2.05) is 26.0 Å². The average Bonchev–Trinajstić information content (AvgIpc) is 2.81. The van der Waals surface area contributed by atoms with Gasteiger partial charge in [-0.05, 0) is 90.6 Å². The molecule has 0 aliphatic heterocycles. The van der Waals surface area contributed by atoms with E-state index in [-0.39, 0.29) is 11.6 Å². The minimum Gasteiger partial charge on any atom is -0.207 e. The van der Waals surface area contributed by atoms with Gasteiger partial charge in [0.25, 0.3) is 0 Å². The predicted molar refractivity (Wildman–Crippen MR) is 131 cm³/mol. The second-order valence-electron chi connectivity index (χ2n) is 7.58. The summed E-state index contributed by atoms with van der Waals surface area (Å²) in [6, 6.07) is 18.7. The maximum Gasteiger partial charge on any atom is 0.126 e. The summed E-state index contributed by atoms with van der Waals surface area (Å²) in [7, 11) is 0. The standard InChI is InChI=1S/C11H16.C10H13F.C8H9F/c1-4-10-7-6-9(3)11(5-2)8-10;1-3-8-5-6-10(11)9(4-2)7-8;1-2-7-3-5-8(9)6-4-7/h6-8H,4-5H2,1-3H3;5-7H,3-4H2,1-2H3;3-6H,2H2,1H3. The Kier molecular flexibility index (Phi) is 12.4. The highest BCUT2D eigenvalue weighted by Crippen LogP contribution is 2.12. The van der Waals surface area contributed by atoms with Crippen molar-refractivity contribution < 1.29 is 8.78 Å². The summed E-state index contributed by atoms with van der Waals surface area (Å²) in [4.78, 5) is 0. The molecule has 0 N–H and O–H groups in total. The number of rotatable bonds is 5. The topological polar surface area (TPSA) is 0 Å². The van der Waals surface area contributed by atoms with E-state index in [1.165, 1.54) is 39.9 Å². The van der Waals surface area contributed by atoms with Crippen molar-refractivity contribution in [2.45, 2.75) is 73.6 Å². The van der Waals surface area contributed by atoms with Gasteiger partial charge >= 0.3 is 0 Å². The molecule has 3 aromatic rings. The Morgan fingerprint density at radius 2 is 0.968 bits per heavy atom. The molecule has 0 bridgehead atoms. The molecule has 0 saturated carbocycles. The molecule has 2 heteroatoms. The first kappa shape index (κ1) is 26.6. The highest BCUT2D eigenvalue weighted by atomic mass is 19.1. The minimum absolute atomic E-state index is 0.0790. The molecule has 3 aromatic carbocycles. The quantitative estimate of drug-likeness (QED) is 0.385. The van der Waals surface area contributed by atoms with Gasteiger partial charge < -0.3 is 0 Å². The summed E-state index contributed by atoms with van der Waals surface area (Å²) in [5, 5.41) is 0. The van der Waals surface area contributed by atoms with Gasteiger partial charge in [0.05, 0.1) is 0 Å². The van der Waals surface area contributed by atoms with Crippen molar-refractivity contribution in [3.8, 4) is 0 Å². The summed E-state index contributed by atoms with van der Waals surface area (Å²) in [5.41, 5.74) is 7.57. The lowest BCUT2D eigenvalue weighted by Gasteiger charge is -2.04. The molecule has 0 aromatic heterocycles. The monoisotopic (exact) mass is 424 g/mol. The van der Waals surface area contributed by atoms with Crippen molar-refractivity contribution in [3.05, 3.63) is 106 Å². The van der Waals surface area contributed by atoms with Gasteiger partial charge in [0.15, 0.2) is 0 Å². The van der Waals surface area contributed by atoms with Crippen LogP contribution in [0, 0.1) is 18.6 Å².